The largest absolute Gasteiger partial charge is 0.497 e. The van der Waals surface area contributed by atoms with Crippen molar-refractivity contribution in [3.8, 4) is 11.5 Å². The van der Waals surface area contributed by atoms with E-state index in [1.165, 1.54) is 14.2 Å². The minimum atomic E-state index is -1.15. The molecule has 306 valence electrons. The maximum Gasteiger partial charge on any atom is 0.305 e. The summed E-state index contributed by atoms with van der Waals surface area (Å²) in [6, 6.07) is 27.1. The van der Waals surface area contributed by atoms with Crippen LogP contribution in [0.4, 0.5) is 0 Å². The molecule has 0 aliphatic rings. The molecule has 0 bridgehead atoms. The first kappa shape index (κ1) is 44.8. The van der Waals surface area contributed by atoms with Crippen LogP contribution in [0.2, 0.25) is 0 Å². The van der Waals surface area contributed by atoms with E-state index < -0.39 is 46.9 Å². The van der Waals surface area contributed by atoms with Gasteiger partial charge in [-0.3, -0.25) is 28.8 Å². The van der Waals surface area contributed by atoms with Crippen LogP contribution in [0, 0.1) is 11.8 Å². The highest BCUT2D eigenvalue weighted by molar-refractivity contribution is 6.17. The summed E-state index contributed by atoms with van der Waals surface area (Å²) in [5.41, 5.74) is 3.12. The van der Waals surface area contributed by atoms with Gasteiger partial charge in [0.2, 0.25) is 0 Å². The molecule has 0 saturated heterocycles. The van der Waals surface area contributed by atoms with E-state index in [1.807, 2.05) is 24.3 Å². The molecule has 10 nitrogen and oxygen atoms in total. The van der Waals surface area contributed by atoms with Gasteiger partial charge in [-0.25, -0.2) is 0 Å². The third-order valence-corrected chi connectivity index (χ3v) is 9.97. The zero-order valence-corrected chi connectivity index (χ0v) is 34.7. The fourth-order valence-corrected chi connectivity index (χ4v) is 6.33. The molecule has 0 aromatic heterocycles. The van der Waals surface area contributed by atoms with Gasteiger partial charge in [-0.15, -0.1) is 0 Å². The molecule has 0 spiro atoms. The number of methoxy groups -OCH3 is 2. The Morgan fingerprint density at radius 3 is 0.931 bits per heavy atom. The SMILES string of the molecule is COc1ccc(C(=O)C(CCC(=O)OCCOC(=O)CCC(C(=O)c2ccc(OC)cc2)C(=O)c2ccc(C(C)(C)C)cc2)C(=O)c2ccc(C(C)(C)C)cc2)cc1. The van der Waals surface area contributed by atoms with Crippen LogP contribution in [0.25, 0.3) is 0 Å². The van der Waals surface area contributed by atoms with Crippen LogP contribution >= 0.6 is 0 Å². The summed E-state index contributed by atoms with van der Waals surface area (Å²) in [6.45, 7) is 11.8. The van der Waals surface area contributed by atoms with E-state index in [1.54, 1.807) is 72.8 Å². The Labute approximate surface area is 341 Å². The van der Waals surface area contributed by atoms with Crippen molar-refractivity contribution in [3.63, 3.8) is 0 Å². The lowest BCUT2D eigenvalue weighted by Gasteiger charge is -2.20. The lowest BCUT2D eigenvalue weighted by atomic mass is 9.83. The topological polar surface area (TPSA) is 139 Å². The second-order valence-corrected chi connectivity index (χ2v) is 16.2. The maximum absolute atomic E-state index is 13.7. The van der Waals surface area contributed by atoms with Crippen molar-refractivity contribution in [2.45, 2.75) is 78.1 Å². The van der Waals surface area contributed by atoms with Crippen molar-refractivity contribution in [2.24, 2.45) is 11.8 Å². The smallest absolute Gasteiger partial charge is 0.305 e. The van der Waals surface area contributed by atoms with Crippen molar-refractivity contribution in [1.29, 1.82) is 0 Å². The number of carbonyl (C=O) groups is 6. The van der Waals surface area contributed by atoms with E-state index in [9.17, 15) is 28.8 Å². The second kappa shape index (κ2) is 20.0. The third kappa shape index (κ3) is 12.3. The molecular weight excluding hydrogens is 737 g/mol. The van der Waals surface area contributed by atoms with E-state index in [0.29, 0.717) is 33.8 Å². The number of hydrogen-bond donors (Lipinski definition) is 0. The summed E-state index contributed by atoms with van der Waals surface area (Å²) in [6.07, 6.45) is -0.666. The van der Waals surface area contributed by atoms with Gasteiger partial charge in [-0.1, -0.05) is 90.1 Å². The average Bonchev–Trinajstić information content (AvgIpc) is 3.21. The Morgan fingerprint density at radius 1 is 0.431 bits per heavy atom. The van der Waals surface area contributed by atoms with Gasteiger partial charge in [0.25, 0.3) is 0 Å². The molecule has 0 heterocycles. The number of Topliss-reactive ketones (excluding diaryl/α,β-unsaturated/α-hetero) is 4. The normalized spacial score (nSPS) is 12.5. The van der Waals surface area contributed by atoms with Gasteiger partial charge >= 0.3 is 11.9 Å². The van der Waals surface area contributed by atoms with E-state index in [2.05, 4.69) is 41.5 Å². The van der Waals surface area contributed by atoms with Gasteiger partial charge in [-0.2, -0.15) is 0 Å². The minimum absolute atomic E-state index is 0.0973. The van der Waals surface area contributed by atoms with Crippen LogP contribution < -0.4 is 9.47 Å². The summed E-state index contributed by atoms with van der Waals surface area (Å²) in [7, 11) is 3.02. The molecular formula is C48H54O10. The fraction of sp³-hybridized carbons (Fsp3) is 0.375. The third-order valence-electron chi connectivity index (χ3n) is 9.97. The molecule has 0 fully saturated rings. The van der Waals surface area contributed by atoms with Crippen LogP contribution in [0.1, 0.15) is 120 Å². The van der Waals surface area contributed by atoms with Crippen molar-refractivity contribution in [3.05, 3.63) is 130 Å². The Bertz CT molecular complexity index is 1900. The van der Waals surface area contributed by atoms with E-state index >= 15 is 0 Å². The molecule has 0 amide bonds. The lowest BCUT2D eigenvalue weighted by molar-refractivity contribution is -0.152. The Hall–Kier alpha value is -5.90. The molecule has 0 aliphatic heterocycles. The summed E-state index contributed by atoms with van der Waals surface area (Å²) in [5.74, 6) is -4.21. The van der Waals surface area contributed by atoms with Crippen molar-refractivity contribution < 1.29 is 47.7 Å². The molecule has 4 aromatic rings. The van der Waals surface area contributed by atoms with Crippen LogP contribution in [0.3, 0.4) is 0 Å². The number of rotatable bonds is 19. The highest BCUT2D eigenvalue weighted by Crippen LogP contribution is 2.28. The number of ketones is 4. The molecule has 4 rings (SSSR count). The first-order chi connectivity index (χ1) is 27.4. The molecule has 0 N–H and O–H groups in total. The molecule has 0 saturated carbocycles. The van der Waals surface area contributed by atoms with Crippen LogP contribution in [0.5, 0.6) is 11.5 Å². The summed E-state index contributed by atoms with van der Waals surface area (Å²) in [5, 5.41) is 0. The molecule has 4 aromatic carbocycles. The molecule has 10 heteroatoms. The van der Waals surface area contributed by atoms with Gasteiger partial charge in [-0.05, 0) is 83.3 Å². The number of hydrogen-bond acceptors (Lipinski definition) is 10. The standard InChI is InChI=1S/C48H54O10/c1-47(2,3)35-17-9-31(10-18-35)43(51)39(45(53)33-13-21-37(55-7)22-14-33)25-27-41(49)57-29-30-58-42(50)28-26-40(46(54)34-15-23-38(56-8)24-16-34)44(52)32-11-19-36(20-12-32)48(4,5)6/h9-24,39-40H,25-30H2,1-8H3. The van der Waals surface area contributed by atoms with Gasteiger partial charge < -0.3 is 18.9 Å². The molecule has 2 unspecified atom stereocenters. The second-order valence-electron chi connectivity index (χ2n) is 16.2. The first-order valence-electron chi connectivity index (χ1n) is 19.4. The highest BCUT2D eigenvalue weighted by atomic mass is 16.6. The van der Waals surface area contributed by atoms with E-state index in [4.69, 9.17) is 18.9 Å². The van der Waals surface area contributed by atoms with Crippen LogP contribution in [-0.4, -0.2) is 62.5 Å². The Balaban J connectivity index is 1.35. The summed E-state index contributed by atoms with van der Waals surface area (Å²) < 4.78 is 21.0. The summed E-state index contributed by atoms with van der Waals surface area (Å²) in [4.78, 5) is 80.4. The number of ether oxygens (including phenoxy) is 4. The van der Waals surface area contributed by atoms with Crippen LogP contribution in [-0.2, 0) is 29.9 Å². The molecule has 2 atom stereocenters. The number of esters is 2. The van der Waals surface area contributed by atoms with Crippen molar-refractivity contribution in [2.75, 3.05) is 27.4 Å². The van der Waals surface area contributed by atoms with Gasteiger partial charge in [0.15, 0.2) is 23.1 Å². The minimum Gasteiger partial charge on any atom is -0.497 e. The predicted octanol–water partition coefficient (Wildman–Crippen LogP) is 9.01. The van der Waals surface area contributed by atoms with Crippen LogP contribution in [0.15, 0.2) is 97.1 Å². The van der Waals surface area contributed by atoms with Gasteiger partial charge in [0.1, 0.15) is 24.7 Å². The monoisotopic (exact) mass is 790 g/mol. The van der Waals surface area contributed by atoms with Crippen molar-refractivity contribution in [1.82, 2.24) is 0 Å². The van der Waals surface area contributed by atoms with E-state index in [0.717, 1.165) is 11.1 Å². The Morgan fingerprint density at radius 2 is 0.690 bits per heavy atom. The highest BCUT2D eigenvalue weighted by Gasteiger charge is 2.31. The Kier molecular flexibility index (Phi) is 15.4. The quantitative estimate of drug-likeness (QED) is 0.0391. The fourth-order valence-electron chi connectivity index (χ4n) is 6.33. The average molecular weight is 791 g/mol. The zero-order chi connectivity index (χ0) is 42.6. The molecule has 0 radical (unpaired) electrons. The summed E-state index contributed by atoms with van der Waals surface area (Å²) >= 11 is 0. The zero-order valence-electron chi connectivity index (χ0n) is 34.7. The van der Waals surface area contributed by atoms with Crippen molar-refractivity contribution >= 4 is 35.1 Å². The predicted molar refractivity (Wildman–Crippen MR) is 221 cm³/mol. The van der Waals surface area contributed by atoms with E-state index in [-0.39, 0.29) is 49.7 Å². The van der Waals surface area contributed by atoms with Gasteiger partial charge in [0, 0.05) is 35.1 Å². The van der Waals surface area contributed by atoms with Gasteiger partial charge in [0.05, 0.1) is 26.1 Å². The molecule has 0 aliphatic carbocycles. The first-order valence-corrected chi connectivity index (χ1v) is 19.4. The number of carbonyl (C=O) groups excluding carboxylic acids is 6. The maximum atomic E-state index is 13.7. The number of benzene rings is 4. The lowest BCUT2D eigenvalue weighted by Crippen LogP contribution is -2.26. The molecule has 58 heavy (non-hydrogen) atoms.